The Morgan fingerprint density at radius 3 is 1.20 bits per heavy atom. The van der Waals surface area contributed by atoms with Gasteiger partial charge in [-0.05, 0) is 0 Å². The molecule has 2 rings (SSSR count). The first kappa shape index (κ1) is 19.4. The fraction of sp³-hybridized carbons (Fsp3) is 0. The van der Waals surface area contributed by atoms with Crippen molar-refractivity contribution in [3.8, 4) is 0 Å². The van der Waals surface area contributed by atoms with Crippen LogP contribution < -0.4 is 50.5 Å². The SMILES string of the molecule is Cl.NC(N)=NN=c1/c(=N\N=C(N)N)c2ccccc2/c1=N/N=C(N)N. The molecule has 0 spiro atoms. The van der Waals surface area contributed by atoms with E-state index in [4.69, 9.17) is 34.4 Å². The van der Waals surface area contributed by atoms with Crippen molar-refractivity contribution in [3.63, 3.8) is 0 Å². The predicted molar refractivity (Wildman–Crippen MR) is 97.7 cm³/mol. The molecule has 0 heterocycles. The lowest BCUT2D eigenvalue weighted by Crippen LogP contribution is -2.34. The summed E-state index contributed by atoms with van der Waals surface area (Å²) in [5.74, 6) is -0.701. The highest BCUT2D eigenvalue weighted by atomic mass is 35.5. The van der Waals surface area contributed by atoms with Crippen molar-refractivity contribution in [2.24, 2.45) is 65.0 Å². The minimum atomic E-state index is -0.249. The first-order chi connectivity index (χ1) is 11.4. The predicted octanol–water partition coefficient (Wildman–Crippen LogP) is -3.60. The van der Waals surface area contributed by atoms with Gasteiger partial charge in [0.2, 0.25) is 17.9 Å². The van der Waals surface area contributed by atoms with E-state index < -0.39 is 0 Å². The summed E-state index contributed by atoms with van der Waals surface area (Å²) in [6.45, 7) is 0. The fourth-order valence-electron chi connectivity index (χ4n) is 1.88. The molecule has 12 N–H and O–H groups in total. The number of nitrogens with zero attached hydrogens (tertiary/aromatic N) is 6. The standard InChI is InChI=1S/C12H16N12.ClH/c13-10(14)22-19-7-5-3-1-2-4-6(5)8(20-23-11(15)16)9(7)21-24-12(17)18;/h1-4H,(H4,13,14,22)(H4,15,16,23)(H4,17,18,24);1H/b19-7-,20-8-;. The molecule has 0 bridgehead atoms. The van der Waals surface area contributed by atoms with Crippen LogP contribution in [0.25, 0.3) is 10.8 Å². The summed E-state index contributed by atoms with van der Waals surface area (Å²) >= 11 is 0. The zero-order valence-electron chi connectivity index (χ0n) is 12.9. The summed E-state index contributed by atoms with van der Waals surface area (Å²) in [6.07, 6.45) is 0. The third kappa shape index (κ3) is 4.65. The molecule has 25 heavy (non-hydrogen) atoms. The van der Waals surface area contributed by atoms with E-state index in [2.05, 4.69) is 30.6 Å². The number of hydrogen-bond acceptors (Lipinski definition) is 6. The van der Waals surface area contributed by atoms with E-state index >= 15 is 0 Å². The van der Waals surface area contributed by atoms with Crippen LogP contribution in [-0.4, -0.2) is 17.9 Å². The number of benzene rings is 1. The molecule has 2 aromatic carbocycles. The third-order valence-electron chi connectivity index (χ3n) is 2.68. The van der Waals surface area contributed by atoms with Gasteiger partial charge in [0.25, 0.3) is 0 Å². The topological polar surface area (TPSA) is 230 Å². The van der Waals surface area contributed by atoms with E-state index in [1.54, 1.807) is 24.3 Å². The highest BCUT2D eigenvalue weighted by Gasteiger charge is 2.08. The molecule has 12 nitrogen and oxygen atoms in total. The molecule has 0 saturated carbocycles. The van der Waals surface area contributed by atoms with Gasteiger partial charge in [-0.3, -0.25) is 0 Å². The van der Waals surface area contributed by atoms with Crippen LogP contribution in [0.3, 0.4) is 0 Å². The van der Waals surface area contributed by atoms with Crippen LogP contribution in [0.2, 0.25) is 0 Å². The first-order valence-electron chi connectivity index (χ1n) is 6.50. The number of fused-ring (bicyclic) bond motifs is 1. The van der Waals surface area contributed by atoms with Gasteiger partial charge >= 0.3 is 0 Å². The van der Waals surface area contributed by atoms with Crippen LogP contribution in [0.15, 0.2) is 54.9 Å². The first-order valence-corrected chi connectivity index (χ1v) is 6.50. The van der Waals surface area contributed by atoms with Gasteiger partial charge in [-0.1, -0.05) is 24.3 Å². The molecule has 0 radical (unpaired) electrons. The number of nitrogens with two attached hydrogens (primary N) is 6. The van der Waals surface area contributed by atoms with E-state index in [1.165, 1.54) is 0 Å². The van der Waals surface area contributed by atoms with Crippen molar-refractivity contribution in [2.45, 2.75) is 0 Å². The molecule has 2 aromatic rings. The minimum Gasteiger partial charge on any atom is -0.369 e. The molecule has 0 atom stereocenters. The molecule has 0 aliphatic rings. The Hall–Kier alpha value is -3.67. The summed E-state index contributed by atoms with van der Waals surface area (Å²) in [7, 11) is 0. The van der Waals surface area contributed by atoms with Gasteiger partial charge in [-0.25, -0.2) is 0 Å². The highest BCUT2D eigenvalue weighted by molar-refractivity contribution is 5.85. The maximum atomic E-state index is 5.32. The smallest absolute Gasteiger partial charge is 0.211 e. The van der Waals surface area contributed by atoms with Crippen molar-refractivity contribution < 1.29 is 0 Å². The van der Waals surface area contributed by atoms with E-state index in [0.717, 1.165) is 0 Å². The minimum absolute atomic E-state index is 0. The van der Waals surface area contributed by atoms with Crippen molar-refractivity contribution in [1.29, 1.82) is 0 Å². The lowest BCUT2D eigenvalue weighted by Gasteiger charge is -1.87. The van der Waals surface area contributed by atoms with Crippen molar-refractivity contribution >= 4 is 41.1 Å². The quantitative estimate of drug-likeness (QED) is 0.183. The Labute approximate surface area is 147 Å². The Balaban J connectivity index is 0.00000312. The van der Waals surface area contributed by atoms with Crippen LogP contribution in [0.5, 0.6) is 0 Å². The van der Waals surface area contributed by atoms with Gasteiger partial charge in [-0.15, -0.1) is 43.0 Å². The van der Waals surface area contributed by atoms with Gasteiger partial charge in [-0.2, -0.15) is 0 Å². The van der Waals surface area contributed by atoms with E-state index in [1.807, 2.05) is 0 Å². The lowest BCUT2D eigenvalue weighted by molar-refractivity contribution is 1.02. The molecule has 13 heteroatoms. The number of rotatable bonds is 3. The van der Waals surface area contributed by atoms with Crippen LogP contribution in [-0.2, 0) is 0 Å². The molecule has 0 saturated heterocycles. The zero-order chi connectivity index (χ0) is 17.7. The summed E-state index contributed by atoms with van der Waals surface area (Å²) in [5.41, 5.74) is 31.9. The van der Waals surface area contributed by atoms with Gasteiger partial charge in [0.15, 0.2) is 0 Å². The van der Waals surface area contributed by atoms with Crippen molar-refractivity contribution in [2.75, 3.05) is 0 Å². The average Bonchev–Trinajstić information content (AvgIpc) is 2.81. The van der Waals surface area contributed by atoms with E-state index in [0.29, 0.717) is 21.5 Å². The van der Waals surface area contributed by atoms with E-state index in [9.17, 15) is 0 Å². The molecule has 0 amide bonds. The van der Waals surface area contributed by atoms with E-state index in [-0.39, 0.29) is 35.6 Å². The van der Waals surface area contributed by atoms with Crippen LogP contribution in [0.1, 0.15) is 0 Å². The summed E-state index contributed by atoms with van der Waals surface area (Å²) < 4.78 is 0. The van der Waals surface area contributed by atoms with Crippen molar-refractivity contribution in [3.05, 3.63) is 40.3 Å². The Kier molecular flexibility index (Phi) is 6.40. The number of halogens is 1. The summed E-state index contributed by atoms with van der Waals surface area (Å²) in [6, 6.07) is 7.15. The van der Waals surface area contributed by atoms with Crippen molar-refractivity contribution in [1.82, 2.24) is 0 Å². The summed E-state index contributed by atoms with van der Waals surface area (Å²) in [5, 5.41) is 25.0. The van der Waals surface area contributed by atoms with Crippen LogP contribution in [0, 0.1) is 0 Å². The van der Waals surface area contributed by atoms with Gasteiger partial charge in [0.05, 0.1) is 0 Å². The van der Waals surface area contributed by atoms with Crippen LogP contribution >= 0.6 is 12.4 Å². The number of hydrogen-bond donors (Lipinski definition) is 6. The fourth-order valence-corrected chi connectivity index (χ4v) is 1.88. The molecular formula is C12H17ClN12. The molecule has 0 aromatic heterocycles. The second-order valence-electron chi connectivity index (χ2n) is 4.47. The van der Waals surface area contributed by atoms with Gasteiger partial charge in [0, 0.05) is 10.8 Å². The molecular weight excluding hydrogens is 348 g/mol. The normalized spacial score (nSPS) is 11.5. The molecule has 0 fully saturated rings. The Morgan fingerprint density at radius 2 is 0.880 bits per heavy atom. The Morgan fingerprint density at radius 1 is 0.560 bits per heavy atom. The average molecular weight is 365 g/mol. The zero-order valence-corrected chi connectivity index (χ0v) is 13.7. The lowest BCUT2D eigenvalue weighted by atomic mass is 10.2. The summed E-state index contributed by atoms with van der Waals surface area (Å²) in [4.78, 5) is 0. The number of guanidine groups is 3. The Bertz CT molecular complexity index is 941. The monoisotopic (exact) mass is 364 g/mol. The molecule has 0 aliphatic heterocycles. The maximum Gasteiger partial charge on any atom is 0.211 e. The molecule has 132 valence electrons. The maximum absolute atomic E-state index is 5.32. The second-order valence-corrected chi connectivity index (χ2v) is 4.47. The van der Waals surface area contributed by atoms with Crippen LogP contribution in [0.4, 0.5) is 0 Å². The highest BCUT2D eigenvalue weighted by Crippen LogP contribution is 2.03. The largest absolute Gasteiger partial charge is 0.369 e. The van der Waals surface area contributed by atoms with Gasteiger partial charge < -0.3 is 34.4 Å². The second kappa shape index (κ2) is 8.26. The third-order valence-corrected chi connectivity index (χ3v) is 2.68. The van der Waals surface area contributed by atoms with Gasteiger partial charge in [0.1, 0.15) is 16.1 Å². The molecule has 0 unspecified atom stereocenters. The molecule has 0 aliphatic carbocycles.